The summed E-state index contributed by atoms with van der Waals surface area (Å²) in [5.74, 6) is 7.01. The van der Waals surface area contributed by atoms with Gasteiger partial charge in [-0.3, -0.25) is 14.3 Å². The van der Waals surface area contributed by atoms with E-state index in [1.54, 1.807) is 41.4 Å². The van der Waals surface area contributed by atoms with Crippen molar-refractivity contribution < 1.29 is 0 Å². The maximum Gasteiger partial charge on any atom is 0.263 e. The first kappa shape index (κ1) is 27.5. The standard InChI is InChI=1S/C24H24ClN9O.C2H6/c1-14(8-9-26)34-23(33-19-5-3-4-18(25)20(19)24(34)35)15(2)32-22-17(21(27)30-13-31-22)7-6-16-12-28-10-11-29-16;1-2/h3-5,10-15H,8-9,26H2,1-2H3,(H3,27,30,31,32);1-2H3. The molecule has 2 unspecified atom stereocenters. The van der Waals surface area contributed by atoms with Crippen molar-refractivity contribution in [1.82, 2.24) is 29.5 Å². The van der Waals surface area contributed by atoms with Crippen LogP contribution < -0.4 is 22.3 Å². The fourth-order valence-corrected chi connectivity index (χ4v) is 3.96. The number of fused-ring (bicyclic) bond motifs is 1. The number of hydrogen-bond acceptors (Lipinski definition) is 9. The number of rotatable bonds is 6. The van der Waals surface area contributed by atoms with Gasteiger partial charge in [-0.2, -0.15) is 0 Å². The molecule has 3 heterocycles. The van der Waals surface area contributed by atoms with Gasteiger partial charge in [0.25, 0.3) is 5.56 Å². The van der Waals surface area contributed by atoms with E-state index in [1.165, 1.54) is 6.33 Å². The van der Waals surface area contributed by atoms with E-state index >= 15 is 0 Å². The number of nitrogen functional groups attached to an aromatic ring is 1. The zero-order chi connectivity index (χ0) is 26.9. The Balaban J connectivity index is 0.00000186. The summed E-state index contributed by atoms with van der Waals surface area (Å²) in [5, 5.41) is 4.02. The molecule has 0 saturated heterocycles. The van der Waals surface area contributed by atoms with Gasteiger partial charge in [-0.15, -0.1) is 0 Å². The van der Waals surface area contributed by atoms with Crippen molar-refractivity contribution in [2.75, 3.05) is 17.6 Å². The van der Waals surface area contributed by atoms with Gasteiger partial charge in [0.1, 0.15) is 35.0 Å². The molecule has 0 saturated carbocycles. The smallest absolute Gasteiger partial charge is 0.263 e. The molecule has 10 nitrogen and oxygen atoms in total. The van der Waals surface area contributed by atoms with Crippen molar-refractivity contribution in [1.29, 1.82) is 0 Å². The van der Waals surface area contributed by atoms with Gasteiger partial charge in [-0.05, 0) is 44.9 Å². The Kier molecular flexibility index (Phi) is 9.49. The average molecular weight is 520 g/mol. The van der Waals surface area contributed by atoms with Crippen LogP contribution in [0.1, 0.15) is 63.3 Å². The van der Waals surface area contributed by atoms with Crippen molar-refractivity contribution >= 4 is 34.1 Å². The van der Waals surface area contributed by atoms with E-state index in [9.17, 15) is 4.79 Å². The van der Waals surface area contributed by atoms with Crippen molar-refractivity contribution in [3.05, 3.63) is 75.6 Å². The van der Waals surface area contributed by atoms with E-state index in [-0.39, 0.29) is 17.4 Å². The minimum atomic E-state index is -0.447. The molecule has 4 rings (SSSR count). The Hall–Kier alpha value is -4.07. The van der Waals surface area contributed by atoms with Gasteiger partial charge in [0.2, 0.25) is 0 Å². The van der Waals surface area contributed by atoms with Crippen molar-refractivity contribution in [2.45, 2.75) is 46.2 Å². The Labute approximate surface area is 220 Å². The molecule has 1 aromatic carbocycles. The maximum atomic E-state index is 13.5. The third-order valence-electron chi connectivity index (χ3n) is 5.43. The molecule has 0 spiro atoms. The van der Waals surface area contributed by atoms with Gasteiger partial charge in [-0.25, -0.2) is 19.9 Å². The van der Waals surface area contributed by atoms with Crippen LogP contribution in [0.2, 0.25) is 5.02 Å². The highest BCUT2D eigenvalue weighted by Crippen LogP contribution is 2.26. The molecule has 192 valence electrons. The monoisotopic (exact) mass is 519 g/mol. The summed E-state index contributed by atoms with van der Waals surface area (Å²) in [6.07, 6.45) is 6.59. The minimum Gasteiger partial charge on any atom is -0.382 e. The second-order valence-electron chi connectivity index (χ2n) is 7.89. The molecule has 0 aliphatic rings. The van der Waals surface area contributed by atoms with E-state index in [1.807, 2.05) is 27.7 Å². The molecule has 0 bridgehead atoms. The quantitative estimate of drug-likeness (QED) is 0.323. The Morgan fingerprint density at radius 3 is 2.62 bits per heavy atom. The van der Waals surface area contributed by atoms with Crippen molar-refractivity contribution in [3.63, 3.8) is 0 Å². The lowest BCUT2D eigenvalue weighted by molar-refractivity contribution is 0.465. The second-order valence-corrected chi connectivity index (χ2v) is 8.30. The molecule has 0 aliphatic carbocycles. The van der Waals surface area contributed by atoms with Crippen molar-refractivity contribution in [2.24, 2.45) is 5.73 Å². The summed E-state index contributed by atoms with van der Waals surface area (Å²) in [5.41, 5.74) is 13.1. The van der Waals surface area contributed by atoms with E-state index < -0.39 is 6.04 Å². The van der Waals surface area contributed by atoms with Crippen LogP contribution in [-0.4, -0.2) is 36.0 Å². The van der Waals surface area contributed by atoms with Crippen LogP contribution in [0.3, 0.4) is 0 Å². The zero-order valence-electron chi connectivity index (χ0n) is 21.2. The summed E-state index contributed by atoms with van der Waals surface area (Å²) in [6.45, 7) is 8.22. The first-order chi connectivity index (χ1) is 17.9. The highest BCUT2D eigenvalue weighted by atomic mass is 35.5. The van der Waals surface area contributed by atoms with Crippen LogP contribution in [0.4, 0.5) is 11.6 Å². The third kappa shape index (κ3) is 6.20. The number of anilines is 2. The lowest BCUT2D eigenvalue weighted by atomic mass is 10.1. The number of nitrogens with one attached hydrogen (secondary N) is 1. The summed E-state index contributed by atoms with van der Waals surface area (Å²) in [4.78, 5) is 34.8. The molecule has 4 aromatic rings. The lowest BCUT2D eigenvalue weighted by Gasteiger charge is -2.24. The Morgan fingerprint density at radius 1 is 1.14 bits per heavy atom. The molecule has 0 amide bonds. The number of nitrogens with two attached hydrogens (primary N) is 2. The predicted octanol–water partition coefficient (Wildman–Crippen LogP) is 3.72. The first-order valence-electron chi connectivity index (χ1n) is 12.0. The molecule has 0 aliphatic heterocycles. The number of benzene rings is 1. The van der Waals surface area contributed by atoms with Crippen molar-refractivity contribution in [3.8, 4) is 11.8 Å². The van der Waals surface area contributed by atoms with Gasteiger partial charge < -0.3 is 16.8 Å². The molecular formula is C26H30ClN9O. The Bertz CT molecular complexity index is 1480. The molecule has 5 N–H and O–H groups in total. The van der Waals surface area contributed by atoms with Crippen LogP contribution in [0, 0.1) is 11.8 Å². The van der Waals surface area contributed by atoms with E-state index in [4.69, 9.17) is 28.1 Å². The molecule has 3 aromatic heterocycles. The fraction of sp³-hybridized carbons (Fsp3) is 0.308. The summed E-state index contributed by atoms with van der Waals surface area (Å²) in [7, 11) is 0. The molecule has 37 heavy (non-hydrogen) atoms. The van der Waals surface area contributed by atoms with Gasteiger partial charge in [0, 0.05) is 18.4 Å². The van der Waals surface area contributed by atoms with Gasteiger partial charge >= 0.3 is 0 Å². The predicted molar refractivity (Wildman–Crippen MR) is 147 cm³/mol. The first-order valence-corrected chi connectivity index (χ1v) is 12.3. The molecular weight excluding hydrogens is 490 g/mol. The van der Waals surface area contributed by atoms with Gasteiger partial charge in [0.15, 0.2) is 0 Å². The number of halogens is 1. The summed E-state index contributed by atoms with van der Waals surface area (Å²) < 4.78 is 1.63. The highest BCUT2D eigenvalue weighted by Gasteiger charge is 2.22. The summed E-state index contributed by atoms with van der Waals surface area (Å²) >= 11 is 6.35. The lowest BCUT2D eigenvalue weighted by Crippen LogP contribution is -2.32. The summed E-state index contributed by atoms with van der Waals surface area (Å²) in [6, 6.07) is 4.55. The van der Waals surface area contributed by atoms with E-state index in [0.717, 1.165) is 0 Å². The van der Waals surface area contributed by atoms with E-state index in [2.05, 4.69) is 37.1 Å². The SMILES string of the molecule is CC.CC(Nc1ncnc(N)c1C#Cc1cnccn1)c1nc2cccc(Cl)c2c(=O)n1C(C)CCN. The largest absolute Gasteiger partial charge is 0.382 e. The zero-order valence-corrected chi connectivity index (χ0v) is 22.0. The van der Waals surface area contributed by atoms with Crippen LogP contribution in [0.5, 0.6) is 0 Å². The normalized spacial score (nSPS) is 12.1. The topological polar surface area (TPSA) is 151 Å². The van der Waals surface area contributed by atoms with Gasteiger partial charge in [-0.1, -0.05) is 37.4 Å². The van der Waals surface area contributed by atoms with Gasteiger partial charge in [0.05, 0.1) is 28.2 Å². The number of hydrogen-bond donors (Lipinski definition) is 3. The van der Waals surface area contributed by atoms with Crippen LogP contribution in [0.25, 0.3) is 10.9 Å². The Morgan fingerprint density at radius 2 is 1.92 bits per heavy atom. The molecule has 0 fully saturated rings. The molecule has 0 radical (unpaired) electrons. The second kappa shape index (κ2) is 12.8. The number of nitrogens with zero attached hydrogens (tertiary/aromatic N) is 6. The number of aromatic nitrogens is 6. The van der Waals surface area contributed by atoms with Crippen LogP contribution in [0.15, 0.2) is 47.9 Å². The van der Waals surface area contributed by atoms with Crippen LogP contribution in [-0.2, 0) is 0 Å². The van der Waals surface area contributed by atoms with E-state index in [0.29, 0.717) is 51.8 Å². The molecule has 11 heteroatoms. The fourth-order valence-electron chi connectivity index (χ4n) is 3.71. The molecule has 2 atom stereocenters. The minimum absolute atomic E-state index is 0.202. The van der Waals surface area contributed by atoms with Crippen LogP contribution >= 0.6 is 11.6 Å². The highest BCUT2D eigenvalue weighted by molar-refractivity contribution is 6.35. The average Bonchev–Trinajstić information content (AvgIpc) is 2.90. The third-order valence-corrected chi connectivity index (χ3v) is 5.74. The maximum absolute atomic E-state index is 13.5.